The fourth-order valence-electron chi connectivity index (χ4n) is 3.04. The second kappa shape index (κ2) is 4.36. The van der Waals surface area contributed by atoms with Gasteiger partial charge in [0.15, 0.2) is 0 Å². The van der Waals surface area contributed by atoms with Crippen LogP contribution in [0, 0.1) is 5.92 Å². The lowest BCUT2D eigenvalue weighted by Crippen LogP contribution is -2.37. The fourth-order valence-corrected chi connectivity index (χ4v) is 3.51. The van der Waals surface area contributed by atoms with E-state index in [0.717, 1.165) is 6.42 Å². The Bertz CT molecular complexity index is 354. The number of hydrogen-bond donors (Lipinski definition) is 2. The van der Waals surface area contributed by atoms with Gasteiger partial charge in [-0.25, -0.2) is 5.43 Å². The maximum Gasteiger partial charge on any atom is 0.0520 e. The van der Waals surface area contributed by atoms with Gasteiger partial charge in [0, 0.05) is 17.3 Å². The summed E-state index contributed by atoms with van der Waals surface area (Å²) in [5.74, 6) is 0.526. The lowest BCUT2D eigenvalue weighted by Gasteiger charge is -2.31. The summed E-state index contributed by atoms with van der Waals surface area (Å²) in [6, 6.07) is 11.5. The van der Waals surface area contributed by atoms with E-state index >= 15 is 0 Å². The van der Waals surface area contributed by atoms with E-state index in [1.807, 2.05) is 0 Å². The topological polar surface area (TPSA) is 24.1 Å². The van der Waals surface area contributed by atoms with Crippen LogP contribution in [0.25, 0.3) is 0 Å². The molecule has 4 atom stereocenters. The van der Waals surface area contributed by atoms with E-state index in [2.05, 4.69) is 41.2 Å². The van der Waals surface area contributed by atoms with Gasteiger partial charge in [0.05, 0.1) is 6.04 Å². The molecule has 16 heavy (non-hydrogen) atoms. The summed E-state index contributed by atoms with van der Waals surface area (Å²) in [5.41, 5.74) is 8.16. The Morgan fingerprint density at radius 2 is 1.88 bits per heavy atom. The zero-order valence-corrected chi connectivity index (χ0v) is 9.95. The Balaban J connectivity index is 1.86. The number of halogens is 1. The van der Waals surface area contributed by atoms with Gasteiger partial charge in [0.2, 0.25) is 0 Å². The molecule has 2 fully saturated rings. The summed E-state index contributed by atoms with van der Waals surface area (Å²) < 4.78 is 0. The number of hydrogen-bond acceptors (Lipinski definition) is 2. The van der Waals surface area contributed by atoms with Crippen LogP contribution in [0.4, 0.5) is 0 Å². The molecule has 1 aromatic carbocycles. The molecule has 4 unspecified atom stereocenters. The minimum Gasteiger partial charge on any atom is -0.254 e. The number of rotatable bonds is 1. The highest BCUT2D eigenvalue weighted by Crippen LogP contribution is 2.40. The van der Waals surface area contributed by atoms with E-state index in [0.29, 0.717) is 23.4 Å². The van der Waals surface area contributed by atoms with Crippen LogP contribution < -0.4 is 10.9 Å². The van der Waals surface area contributed by atoms with Crippen LogP contribution in [-0.4, -0.2) is 11.4 Å². The van der Waals surface area contributed by atoms with E-state index in [9.17, 15) is 0 Å². The van der Waals surface area contributed by atoms with E-state index < -0.39 is 0 Å². The lowest BCUT2D eigenvalue weighted by atomic mass is 9.79. The van der Waals surface area contributed by atoms with Gasteiger partial charge in [0.1, 0.15) is 0 Å². The van der Waals surface area contributed by atoms with E-state index in [1.54, 1.807) is 0 Å². The van der Waals surface area contributed by atoms with Crippen molar-refractivity contribution in [3.63, 3.8) is 0 Å². The summed E-state index contributed by atoms with van der Waals surface area (Å²) in [4.78, 5) is 0. The van der Waals surface area contributed by atoms with Gasteiger partial charge in [-0.1, -0.05) is 36.8 Å². The normalized spacial score (nSPS) is 38.3. The first kappa shape index (κ1) is 10.6. The molecule has 2 nitrogen and oxygen atoms in total. The summed E-state index contributed by atoms with van der Waals surface area (Å²) in [6.45, 7) is 0. The number of alkyl halides is 1. The number of hydrazine groups is 1. The molecule has 86 valence electrons. The Morgan fingerprint density at radius 3 is 2.69 bits per heavy atom. The Labute approximate surface area is 101 Å². The number of nitrogens with one attached hydrogen (secondary N) is 2. The van der Waals surface area contributed by atoms with Crippen LogP contribution in [0.3, 0.4) is 0 Å². The molecule has 3 heteroatoms. The van der Waals surface area contributed by atoms with E-state index in [4.69, 9.17) is 11.6 Å². The Hall–Kier alpha value is -0.570. The highest BCUT2D eigenvalue weighted by molar-refractivity contribution is 6.21. The van der Waals surface area contributed by atoms with E-state index in [-0.39, 0.29) is 0 Å². The minimum absolute atomic E-state index is 0.298. The summed E-state index contributed by atoms with van der Waals surface area (Å²) in [5, 5.41) is 0.298. The third-order valence-electron chi connectivity index (χ3n) is 3.85. The molecular formula is C13H17ClN2. The van der Waals surface area contributed by atoms with Gasteiger partial charge >= 0.3 is 0 Å². The molecule has 2 N–H and O–H groups in total. The summed E-state index contributed by atoms with van der Waals surface area (Å²) in [7, 11) is 0. The van der Waals surface area contributed by atoms with Gasteiger partial charge in [0.25, 0.3) is 0 Å². The number of benzene rings is 1. The van der Waals surface area contributed by atoms with Crippen LogP contribution in [-0.2, 0) is 0 Å². The molecule has 1 aliphatic heterocycles. The molecule has 3 rings (SSSR count). The molecule has 1 aliphatic carbocycles. The zero-order chi connectivity index (χ0) is 11.0. The Morgan fingerprint density at radius 1 is 1.06 bits per heavy atom. The summed E-state index contributed by atoms with van der Waals surface area (Å²) in [6.07, 6.45) is 3.63. The van der Waals surface area contributed by atoms with Crippen molar-refractivity contribution in [3.8, 4) is 0 Å². The quantitative estimate of drug-likeness (QED) is 0.733. The van der Waals surface area contributed by atoms with Crippen LogP contribution in [0.15, 0.2) is 30.3 Å². The van der Waals surface area contributed by atoms with Crippen LogP contribution >= 0.6 is 11.6 Å². The van der Waals surface area contributed by atoms with E-state index in [1.165, 1.54) is 18.4 Å². The van der Waals surface area contributed by atoms with Gasteiger partial charge in [-0.2, -0.15) is 0 Å². The zero-order valence-electron chi connectivity index (χ0n) is 9.20. The maximum absolute atomic E-state index is 6.48. The van der Waals surface area contributed by atoms with Crippen LogP contribution in [0.2, 0.25) is 0 Å². The highest BCUT2D eigenvalue weighted by Gasteiger charge is 2.42. The molecule has 1 heterocycles. The largest absolute Gasteiger partial charge is 0.254 e. The van der Waals surface area contributed by atoms with Crippen molar-refractivity contribution in [2.45, 2.75) is 36.7 Å². The van der Waals surface area contributed by atoms with Gasteiger partial charge in [-0.15, -0.1) is 11.6 Å². The molecule has 1 saturated carbocycles. The van der Waals surface area contributed by atoms with Gasteiger partial charge < -0.3 is 0 Å². The summed E-state index contributed by atoms with van der Waals surface area (Å²) >= 11 is 6.48. The van der Waals surface area contributed by atoms with Crippen molar-refractivity contribution in [2.24, 2.45) is 5.92 Å². The SMILES string of the molecule is ClC1CCCC2NNC(c3ccccc3)C12. The molecule has 0 bridgehead atoms. The smallest absolute Gasteiger partial charge is 0.0520 e. The second-order valence-corrected chi connectivity index (χ2v) is 5.37. The highest BCUT2D eigenvalue weighted by atomic mass is 35.5. The molecule has 0 aromatic heterocycles. The molecule has 0 spiro atoms. The predicted octanol–water partition coefficient (Wildman–Crippen LogP) is 2.61. The van der Waals surface area contributed by atoms with Crippen molar-refractivity contribution in [1.82, 2.24) is 10.9 Å². The molecule has 1 saturated heterocycles. The second-order valence-electron chi connectivity index (χ2n) is 4.81. The van der Waals surface area contributed by atoms with Crippen molar-refractivity contribution in [2.75, 3.05) is 0 Å². The van der Waals surface area contributed by atoms with Crippen LogP contribution in [0.5, 0.6) is 0 Å². The molecule has 1 aromatic rings. The van der Waals surface area contributed by atoms with Crippen molar-refractivity contribution < 1.29 is 0 Å². The average molecular weight is 237 g/mol. The average Bonchev–Trinajstić information content (AvgIpc) is 2.75. The number of fused-ring (bicyclic) bond motifs is 1. The van der Waals surface area contributed by atoms with Crippen molar-refractivity contribution >= 4 is 11.6 Å². The minimum atomic E-state index is 0.298. The van der Waals surface area contributed by atoms with Crippen molar-refractivity contribution in [3.05, 3.63) is 35.9 Å². The molecule has 0 radical (unpaired) electrons. The third-order valence-corrected chi connectivity index (χ3v) is 4.35. The first-order valence-corrected chi connectivity index (χ1v) is 6.50. The van der Waals surface area contributed by atoms with Crippen molar-refractivity contribution in [1.29, 1.82) is 0 Å². The monoisotopic (exact) mass is 236 g/mol. The van der Waals surface area contributed by atoms with Crippen LogP contribution in [0.1, 0.15) is 30.9 Å². The lowest BCUT2D eigenvalue weighted by molar-refractivity contribution is 0.313. The Kier molecular flexibility index (Phi) is 2.88. The maximum atomic E-state index is 6.48. The standard InChI is InChI=1S/C13H17ClN2/c14-10-7-4-8-11-12(10)13(16-15-11)9-5-2-1-3-6-9/h1-3,5-6,10-13,15-16H,4,7-8H2. The molecule has 2 aliphatic rings. The van der Waals surface area contributed by atoms with Gasteiger partial charge in [-0.05, 0) is 18.4 Å². The first-order chi connectivity index (χ1) is 7.86. The molecular weight excluding hydrogens is 220 g/mol. The predicted molar refractivity (Wildman–Crippen MR) is 66.2 cm³/mol. The van der Waals surface area contributed by atoms with Gasteiger partial charge in [-0.3, -0.25) is 5.43 Å². The third kappa shape index (κ3) is 1.75. The first-order valence-electron chi connectivity index (χ1n) is 6.06. The fraction of sp³-hybridized carbons (Fsp3) is 0.538. The molecule has 0 amide bonds.